The highest BCUT2D eigenvalue weighted by molar-refractivity contribution is 7.91. The van der Waals surface area contributed by atoms with Gasteiger partial charge in [-0.05, 0) is 31.0 Å². The highest BCUT2D eigenvalue weighted by Crippen LogP contribution is 2.27. The number of nitrogens with zero attached hydrogens (tertiary/aromatic N) is 2. The van der Waals surface area contributed by atoms with Crippen LogP contribution in [0.4, 0.5) is 0 Å². The molecule has 0 bridgehead atoms. The van der Waals surface area contributed by atoms with Gasteiger partial charge < -0.3 is 4.74 Å². The number of benzene rings is 1. The minimum atomic E-state index is -3.05. The van der Waals surface area contributed by atoms with E-state index in [0.717, 1.165) is 0 Å². The molecule has 25 heavy (non-hydrogen) atoms. The Morgan fingerprint density at radius 2 is 2.04 bits per heavy atom. The summed E-state index contributed by atoms with van der Waals surface area (Å²) in [5, 5.41) is 4.15. The number of hydrogen-bond acceptors (Lipinski definition) is 5. The number of hydrogen-bond donors (Lipinski definition) is 0. The molecule has 1 aromatic carbocycles. The standard InChI is InChI=1S/C16H22Cl2N2O4S/c1-19(2)20(13-7-9-25(22,23)11-13)16(21)4-3-8-24-15-6-5-12(17)10-14(15)18/h5-6,10,13H,3-4,7-9,11H2,1-2H3/t13-/m0/s1. The van der Waals surface area contributed by atoms with Gasteiger partial charge in [0.2, 0.25) is 5.91 Å². The summed E-state index contributed by atoms with van der Waals surface area (Å²) in [5.74, 6) is 0.559. The lowest BCUT2D eigenvalue weighted by atomic mass is 10.2. The number of sulfone groups is 1. The van der Waals surface area contributed by atoms with Crippen molar-refractivity contribution >= 4 is 38.9 Å². The third-order valence-corrected chi connectivity index (χ3v) is 6.21. The number of amides is 1. The molecule has 0 N–H and O–H groups in total. The van der Waals surface area contributed by atoms with Crippen molar-refractivity contribution in [3.05, 3.63) is 28.2 Å². The van der Waals surface area contributed by atoms with Gasteiger partial charge in [-0.3, -0.25) is 9.80 Å². The summed E-state index contributed by atoms with van der Waals surface area (Å²) in [6.07, 6.45) is 1.24. The van der Waals surface area contributed by atoms with E-state index in [2.05, 4.69) is 0 Å². The van der Waals surface area contributed by atoms with Crippen LogP contribution in [0.15, 0.2) is 18.2 Å². The number of halogens is 2. The average molecular weight is 409 g/mol. The van der Waals surface area contributed by atoms with Crippen LogP contribution in [-0.2, 0) is 14.6 Å². The fraction of sp³-hybridized carbons (Fsp3) is 0.562. The topological polar surface area (TPSA) is 66.9 Å². The van der Waals surface area contributed by atoms with Crippen molar-refractivity contribution in [2.45, 2.75) is 25.3 Å². The first kappa shape index (κ1) is 20.3. The van der Waals surface area contributed by atoms with Crippen molar-refractivity contribution in [3.8, 4) is 5.75 Å². The first-order valence-corrected chi connectivity index (χ1v) is 10.5. The van der Waals surface area contributed by atoms with Crippen LogP contribution in [0.5, 0.6) is 5.75 Å². The predicted molar refractivity (Wildman–Crippen MR) is 98.8 cm³/mol. The first-order valence-electron chi connectivity index (χ1n) is 7.97. The average Bonchev–Trinajstić information content (AvgIpc) is 2.85. The van der Waals surface area contributed by atoms with Gasteiger partial charge in [0.1, 0.15) is 5.75 Å². The predicted octanol–water partition coefficient (Wildman–Crippen LogP) is 2.64. The molecule has 1 aliphatic rings. The Labute approximate surface area is 158 Å². The molecular formula is C16H22Cl2N2O4S. The number of hydrazine groups is 1. The summed E-state index contributed by atoms with van der Waals surface area (Å²) in [4.78, 5) is 12.5. The molecule has 140 valence electrons. The molecule has 1 fully saturated rings. The third kappa shape index (κ3) is 5.74. The van der Waals surface area contributed by atoms with Gasteiger partial charge in [-0.1, -0.05) is 23.2 Å². The zero-order valence-corrected chi connectivity index (χ0v) is 16.6. The summed E-state index contributed by atoms with van der Waals surface area (Å²) in [5.41, 5.74) is 0. The van der Waals surface area contributed by atoms with Crippen molar-refractivity contribution in [3.63, 3.8) is 0 Å². The minimum Gasteiger partial charge on any atom is -0.492 e. The highest BCUT2D eigenvalue weighted by Gasteiger charge is 2.35. The molecule has 1 aliphatic heterocycles. The molecule has 1 amide bonds. The second-order valence-corrected chi connectivity index (χ2v) is 9.24. The highest BCUT2D eigenvalue weighted by atomic mass is 35.5. The van der Waals surface area contributed by atoms with Crippen LogP contribution in [-0.4, -0.2) is 62.6 Å². The van der Waals surface area contributed by atoms with Crippen LogP contribution in [0.1, 0.15) is 19.3 Å². The van der Waals surface area contributed by atoms with Gasteiger partial charge in [-0.25, -0.2) is 13.4 Å². The van der Waals surface area contributed by atoms with Gasteiger partial charge in [-0.15, -0.1) is 0 Å². The number of ether oxygens (including phenoxy) is 1. The second kappa shape index (κ2) is 8.58. The molecule has 0 radical (unpaired) electrons. The van der Waals surface area contributed by atoms with E-state index in [-0.39, 0.29) is 29.9 Å². The number of carbonyl (C=O) groups excluding carboxylic acids is 1. The minimum absolute atomic E-state index is 0.0216. The third-order valence-electron chi connectivity index (χ3n) is 3.93. The Morgan fingerprint density at radius 3 is 2.60 bits per heavy atom. The number of rotatable bonds is 7. The SMILES string of the molecule is CN(C)N(C(=O)CCCOc1ccc(Cl)cc1Cl)[C@H]1CCS(=O)(=O)C1. The Bertz CT molecular complexity index is 725. The van der Waals surface area contributed by atoms with E-state index in [4.69, 9.17) is 27.9 Å². The fourth-order valence-electron chi connectivity index (χ4n) is 2.83. The first-order chi connectivity index (χ1) is 11.7. The van der Waals surface area contributed by atoms with Crippen LogP contribution in [0.3, 0.4) is 0 Å². The smallest absolute Gasteiger partial charge is 0.237 e. The summed E-state index contributed by atoms with van der Waals surface area (Å²) >= 11 is 11.9. The van der Waals surface area contributed by atoms with E-state index in [1.54, 1.807) is 42.3 Å². The van der Waals surface area contributed by atoms with Crippen molar-refractivity contribution in [2.75, 3.05) is 32.2 Å². The molecule has 1 aromatic rings. The van der Waals surface area contributed by atoms with Crippen LogP contribution in [0.2, 0.25) is 10.0 Å². The second-order valence-electron chi connectivity index (χ2n) is 6.17. The van der Waals surface area contributed by atoms with Crippen LogP contribution >= 0.6 is 23.2 Å². The molecule has 2 rings (SSSR count). The van der Waals surface area contributed by atoms with Crippen molar-refractivity contribution in [2.24, 2.45) is 0 Å². The zero-order valence-electron chi connectivity index (χ0n) is 14.2. The Morgan fingerprint density at radius 1 is 1.32 bits per heavy atom. The maximum Gasteiger partial charge on any atom is 0.237 e. The molecule has 0 unspecified atom stereocenters. The maximum absolute atomic E-state index is 12.5. The molecule has 1 atom stereocenters. The van der Waals surface area contributed by atoms with Gasteiger partial charge >= 0.3 is 0 Å². The molecular weight excluding hydrogens is 387 g/mol. The van der Waals surface area contributed by atoms with E-state index in [0.29, 0.717) is 35.2 Å². The number of carbonyl (C=O) groups is 1. The van der Waals surface area contributed by atoms with Crippen LogP contribution < -0.4 is 4.74 Å². The fourth-order valence-corrected chi connectivity index (χ4v) is 4.99. The van der Waals surface area contributed by atoms with Crippen molar-refractivity contribution in [1.82, 2.24) is 10.0 Å². The van der Waals surface area contributed by atoms with Gasteiger partial charge in [0.05, 0.1) is 29.2 Å². The van der Waals surface area contributed by atoms with E-state index in [9.17, 15) is 13.2 Å². The van der Waals surface area contributed by atoms with Crippen molar-refractivity contribution in [1.29, 1.82) is 0 Å². The summed E-state index contributed by atoms with van der Waals surface area (Å²) < 4.78 is 28.9. The Hall–Kier alpha value is -1.02. The van der Waals surface area contributed by atoms with Gasteiger partial charge in [-0.2, -0.15) is 0 Å². The summed E-state index contributed by atoms with van der Waals surface area (Å²) in [6.45, 7) is 0.331. The van der Waals surface area contributed by atoms with Crippen LogP contribution in [0.25, 0.3) is 0 Å². The van der Waals surface area contributed by atoms with Gasteiger partial charge in [0.25, 0.3) is 0 Å². The lowest BCUT2D eigenvalue weighted by molar-refractivity contribution is -0.149. The van der Waals surface area contributed by atoms with E-state index in [1.807, 2.05) is 0 Å². The molecule has 1 saturated heterocycles. The Balaban J connectivity index is 1.85. The quantitative estimate of drug-likeness (QED) is 0.512. The largest absolute Gasteiger partial charge is 0.492 e. The molecule has 0 aromatic heterocycles. The normalized spacial score (nSPS) is 19.2. The lowest BCUT2D eigenvalue weighted by Crippen LogP contribution is -2.49. The van der Waals surface area contributed by atoms with Gasteiger partial charge in [0, 0.05) is 25.5 Å². The maximum atomic E-state index is 12.5. The molecule has 0 saturated carbocycles. The molecule has 0 aliphatic carbocycles. The van der Waals surface area contributed by atoms with Crippen molar-refractivity contribution < 1.29 is 17.9 Å². The molecule has 6 nitrogen and oxygen atoms in total. The van der Waals surface area contributed by atoms with E-state index >= 15 is 0 Å². The zero-order chi connectivity index (χ0) is 18.6. The van der Waals surface area contributed by atoms with E-state index < -0.39 is 9.84 Å². The molecule has 9 heteroatoms. The monoisotopic (exact) mass is 408 g/mol. The van der Waals surface area contributed by atoms with E-state index in [1.165, 1.54) is 0 Å². The lowest BCUT2D eigenvalue weighted by Gasteiger charge is -2.33. The summed E-state index contributed by atoms with van der Waals surface area (Å²) in [6, 6.07) is 4.67. The summed E-state index contributed by atoms with van der Waals surface area (Å²) in [7, 11) is 0.438. The van der Waals surface area contributed by atoms with Gasteiger partial charge in [0.15, 0.2) is 9.84 Å². The molecule has 1 heterocycles. The Kier molecular flexibility index (Phi) is 6.96. The van der Waals surface area contributed by atoms with Crippen LogP contribution in [0, 0.1) is 0 Å². The molecule has 0 spiro atoms.